The van der Waals surface area contributed by atoms with Gasteiger partial charge in [0.05, 0.1) is 5.57 Å². The molecule has 0 aliphatic carbocycles. The molecule has 0 spiro atoms. The first kappa shape index (κ1) is 10.5. The second kappa shape index (κ2) is 4.09. The molecule has 4 nitrogen and oxygen atoms in total. The van der Waals surface area contributed by atoms with Crippen LogP contribution in [0.25, 0.3) is 0 Å². The van der Waals surface area contributed by atoms with Crippen LogP contribution < -0.4 is 0 Å². The first-order valence-corrected chi connectivity index (χ1v) is 4.25. The highest BCUT2D eigenvalue weighted by Crippen LogP contribution is 2.25. The summed E-state index contributed by atoms with van der Waals surface area (Å²) < 4.78 is 9.64. The van der Waals surface area contributed by atoms with Crippen molar-refractivity contribution in [3.63, 3.8) is 0 Å². The number of hydrogen-bond donors (Lipinski definition) is 0. The van der Waals surface area contributed by atoms with Crippen molar-refractivity contribution in [2.75, 3.05) is 6.61 Å². The maximum atomic E-state index is 11.2. The van der Waals surface area contributed by atoms with E-state index in [1.165, 1.54) is 6.92 Å². The van der Waals surface area contributed by atoms with E-state index in [1.807, 2.05) is 0 Å². The Balaban J connectivity index is 2.95. The largest absolute Gasteiger partial charge is 0.461 e. The molecule has 76 valence electrons. The van der Waals surface area contributed by atoms with Gasteiger partial charge in [0.1, 0.15) is 12.4 Å². The molecular formula is C10H12O4. The van der Waals surface area contributed by atoms with Gasteiger partial charge in [-0.1, -0.05) is 6.08 Å². The zero-order chi connectivity index (χ0) is 10.7. The first-order chi connectivity index (χ1) is 6.56. The Bertz CT molecular complexity index is 314. The minimum Gasteiger partial charge on any atom is -0.461 e. The lowest BCUT2D eigenvalue weighted by Gasteiger charge is -2.06. The van der Waals surface area contributed by atoms with E-state index in [4.69, 9.17) is 9.47 Å². The standard InChI is InChI=1S/C10H12O4/c1-4-8-5-13-10(12)9(8)6(2)14-7(3)11/h4,8H,1,5H2,2-3H3/b9-6-. The number of carbonyl (C=O) groups excluding carboxylic acids is 2. The molecule has 0 amide bonds. The molecule has 14 heavy (non-hydrogen) atoms. The van der Waals surface area contributed by atoms with E-state index < -0.39 is 11.9 Å². The molecule has 1 fully saturated rings. The third-order valence-electron chi connectivity index (χ3n) is 1.95. The van der Waals surface area contributed by atoms with Crippen LogP contribution in [0, 0.1) is 5.92 Å². The van der Waals surface area contributed by atoms with E-state index in [0.717, 1.165) is 0 Å². The normalized spacial score (nSPS) is 24.1. The fraction of sp³-hybridized carbons (Fsp3) is 0.400. The predicted molar refractivity (Wildman–Crippen MR) is 49.1 cm³/mol. The topological polar surface area (TPSA) is 52.6 Å². The zero-order valence-electron chi connectivity index (χ0n) is 8.20. The summed E-state index contributed by atoms with van der Waals surface area (Å²) in [5, 5.41) is 0. The van der Waals surface area contributed by atoms with Crippen molar-refractivity contribution in [3.05, 3.63) is 24.0 Å². The monoisotopic (exact) mass is 196 g/mol. The number of cyclic esters (lactones) is 1. The van der Waals surface area contributed by atoms with Gasteiger partial charge in [-0.05, 0) is 6.92 Å². The van der Waals surface area contributed by atoms with Crippen LogP contribution in [-0.2, 0) is 19.1 Å². The highest BCUT2D eigenvalue weighted by Gasteiger charge is 2.31. The highest BCUT2D eigenvalue weighted by molar-refractivity contribution is 5.92. The van der Waals surface area contributed by atoms with Gasteiger partial charge in [-0.25, -0.2) is 4.79 Å². The lowest BCUT2D eigenvalue weighted by Crippen LogP contribution is -2.07. The van der Waals surface area contributed by atoms with Crippen LogP contribution in [0.3, 0.4) is 0 Å². The molecule has 0 radical (unpaired) electrons. The van der Waals surface area contributed by atoms with Gasteiger partial charge in [0.15, 0.2) is 0 Å². The van der Waals surface area contributed by atoms with Gasteiger partial charge in [-0.2, -0.15) is 0 Å². The molecule has 0 aromatic carbocycles. The van der Waals surface area contributed by atoms with Crippen LogP contribution in [0.2, 0.25) is 0 Å². The second-order valence-corrected chi connectivity index (χ2v) is 3.00. The number of esters is 2. The van der Waals surface area contributed by atoms with Crippen LogP contribution >= 0.6 is 0 Å². The quantitative estimate of drug-likeness (QED) is 0.288. The summed E-state index contributed by atoms with van der Waals surface area (Å²) in [5.41, 5.74) is 0.384. The Hall–Kier alpha value is -1.58. The maximum absolute atomic E-state index is 11.2. The summed E-state index contributed by atoms with van der Waals surface area (Å²) in [5.74, 6) is -0.766. The smallest absolute Gasteiger partial charge is 0.338 e. The molecule has 0 aromatic heterocycles. The van der Waals surface area contributed by atoms with E-state index in [-0.39, 0.29) is 12.5 Å². The summed E-state index contributed by atoms with van der Waals surface area (Å²) in [4.78, 5) is 21.9. The summed E-state index contributed by atoms with van der Waals surface area (Å²) in [6, 6.07) is 0. The van der Waals surface area contributed by atoms with Gasteiger partial charge in [-0.3, -0.25) is 4.79 Å². The third kappa shape index (κ3) is 2.02. The molecule has 0 N–H and O–H groups in total. The lowest BCUT2D eigenvalue weighted by atomic mass is 10.0. The number of hydrogen-bond acceptors (Lipinski definition) is 4. The summed E-state index contributed by atoms with van der Waals surface area (Å²) in [7, 11) is 0. The average molecular weight is 196 g/mol. The number of carbonyl (C=O) groups is 2. The van der Waals surface area contributed by atoms with Crippen molar-refractivity contribution in [2.24, 2.45) is 5.92 Å². The van der Waals surface area contributed by atoms with Gasteiger partial charge in [0, 0.05) is 12.8 Å². The Labute approximate surface area is 82.2 Å². The van der Waals surface area contributed by atoms with Gasteiger partial charge in [-0.15, -0.1) is 6.58 Å². The van der Waals surface area contributed by atoms with Gasteiger partial charge < -0.3 is 9.47 Å². The second-order valence-electron chi connectivity index (χ2n) is 3.00. The minimum absolute atomic E-state index is 0.179. The summed E-state index contributed by atoms with van der Waals surface area (Å²) >= 11 is 0. The molecule has 1 unspecified atom stereocenters. The zero-order valence-corrected chi connectivity index (χ0v) is 8.20. The maximum Gasteiger partial charge on any atom is 0.338 e. The summed E-state index contributed by atoms with van der Waals surface area (Å²) in [6.45, 7) is 6.71. The molecule has 1 heterocycles. The fourth-order valence-corrected chi connectivity index (χ4v) is 1.34. The fourth-order valence-electron chi connectivity index (χ4n) is 1.34. The highest BCUT2D eigenvalue weighted by atomic mass is 16.6. The number of ether oxygens (including phenoxy) is 2. The molecule has 0 saturated carbocycles. The Kier molecular flexibility index (Phi) is 3.06. The third-order valence-corrected chi connectivity index (χ3v) is 1.95. The number of rotatable bonds is 2. The molecule has 0 bridgehead atoms. The number of allylic oxidation sites excluding steroid dienone is 1. The Morgan fingerprint density at radius 3 is 2.79 bits per heavy atom. The van der Waals surface area contributed by atoms with Gasteiger partial charge in [0.2, 0.25) is 0 Å². The predicted octanol–water partition coefficient (Wildman–Crippen LogP) is 1.18. The van der Waals surface area contributed by atoms with Crippen LogP contribution in [0.4, 0.5) is 0 Å². The average Bonchev–Trinajstić information content (AvgIpc) is 2.45. The summed E-state index contributed by atoms with van der Waals surface area (Å²) in [6.07, 6.45) is 1.60. The van der Waals surface area contributed by atoms with Crippen LogP contribution in [0.15, 0.2) is 24.0 Å². The van der Waals surface area contributed by atoms with Gasteiger partial charge in [0.25, 0.3) is 0 Å². The Morgan fingerprint density at radius 1 is 1.64 bits per heavy atom. The minimum atomic E-state index is -0.447. The molecule has 1 saturated heterocycles. The van der Waals surface area contributed by atoms with Crippen molar-refractivity contribution in [1.82, 2.24) is 0 Å². The molecule has 1 aliphatic heterocycles. The van der Waals surface area contributed by atoms with Gasteiger partial charge >= 0.3 is 11.9 Å². The van der Waals surface area contributed by atoms with Crippen molar-refractivity contribution in [2.45, 2.75) is 13.8 Å². The molecular weight excluding hydrogens is 184 g/mol. The van der Waals surface area contributed by atoms with Crippen molar-refractivity contribution < 1.29 is 19.1 Å². The van der Waals surface area contributed by atoms with E-state index >= 15 is 0 Å². The first-order valence-electron chi connectivity index (χ1n) is 4.25. The van der Waals surface area contributed by atoms with Crippen molar-refractivity contribution in [1.29, 1.82) is 0 Å². The molecule has 1 rings (SSSR count). The van der Waals surface area contributed by atoms with Crippen LogP contribution in [0.5, 0.6) is 0 Å². The molecule has 4 heteroatoms. The van der Waals surface area contributed by atoms with Crippen LogP contribution in [0.1, 0.15) is 13.8 Å². The molecule has 1 atom stereocenters. The SMILES string of the molecule is C=CC1COC(=O)/C1=C(/C)OC(C)=O. The van der Waals surface area contributed by atoms with Crippen LogP contribution in [-0.4, -0.2) is 18.5 Å². The van der Waals surface area contributed by atoms with E-state index in [2.05, 4.69) is 6.58 Å². The van der Waals surface area contributed by atoms with E-state index in [1.54, 1.807) is 13.0 Å². The van der Waals surface area contributed by atoms with E-state index in [0.29, 0.717) is 11.3 Å². The van der Waals surface area contributed by atoms with Crippen molar-refractivity contribution in [3.8, 4) is 0 Å². The molecule has 0 aromatic rings. The molecule has 1 aliphatic rings. The Morgan fingerprint density at radius 2 is 2.29 bits per heavy atom. The lowest BCUT2D eigenvalue weighted by molar-refractivity contribution is -0.137. The van der Waals surface area contributed by atoms with E-state index in [9.17, 15) is 9.59 Å². The van der Waals surface area contributed by atoms with Crippen molar-refractivity contribution >= 4 is 11.9 Å².